The van der Waals surface area contributed by atoms with Crippen molar-refractivity contribution < 1.29 is 4.42 Å². The number of hydrogen-bond donors (Lipinski definition) is 0. The van der Waals surface area contributed by atoms with E-state index in [1.54, 1.807) is 0 Å². The third-order valence-corrected chi connectivity index (χ3v) is 15.6. The molecule has 13 aromatic rings. The fourth-order valence-electron chi connectivity index (χ4n) is 11.4. The molecule has 0 unspecified atom stereocenters. The minimum absolute atomic E-state index is 0.548. The fraction of sp³-hybridized carbons (Fsp3) is 0.0154. The first-order valence-corrected chi connectivity index (χ1v) is 24.1. The Morgan fingerprint density at radius 1 is 0.382 bits per heavy atom. The molecule has 11 aromatic carbocycles. The summed E-state index contributed by atoms with van der Waals surface area (Å²) in [6.45, 7) is 0. The lowest BCUT2D eigenvalue weighted by Crippen LogP contribution is -2.28. The SMILES string of the molecule is c1ccc(-c2ccccc2N(c2ccc3c(c2)C(c2ccccc2)(c2ccccc2)c2ccccc2-3)c2ccc3c(c2)oc2c(-c4cccc5c4sc4ccccc45)c4ccccc4cc23)cc1. The highest BCUT2D eigenvalue weighted by atomic mass is 32.1. The van der Waals surface area contributed by atoms with Gasteiger partial charge >= 0.3 is 0 Å². The third kappa shape index (κ3) is 5.70. The van der Waals surface area contributed by atoms with Gasteiger partial charge in [0.05, 0.1) is 11.1 Å². The maximum Gasteiger partial charge on any atom is 0.143 e. The molecule has 0 amide bonds. The maximum absolute atomic E-state index is 7.29. The molecule has 2 aromatic heterocycles. The summed E-state index contributed by atoms with van der Waals surface area (Å²) in [4.78, 5) is 2.44. The van der Waals surface area contributed by atoms with Crippen LogP contribution in [0.1, 0.15) is 22.3 Å². The molecular weight excluding hydrogens is 843 g/mol. The maximum atomic E-state index is 7.29. The van der Waals surface area contributed by atoms with E-state index in [1.807, 2.05) is 11.3 Å². The van der Waals surface area contributed by atoms with Gasteiger partial charge in [-0.2, -0.15) is 0 Å². The van der Waals surface area contributed by atoms with Crippen LogP contribution < -0.4 is 4.90 Å². The minimum atomic E-state index is -0.548. The second-order valence-electron chi connectivity index (χ2n) is 17.9. The first kappa shape index (κ1) is 38.7. The van der Waals surface area contributed by atoms with E-state index in [9.17, 15) is 0 Å². The normalized spacial score (nSPS) is 12.8. The van der Waals surface area contributed by atoms with Crippen LogP contribution in [0.3, 0.4) is 0 Å². The molecule has 68 heavy (non-hydrogen) atoms. The summed E-state index contributed by atoms with van der Waals surface area (Å²) >= 11 is 1.86. The number of fused-ring (bicyclic) bond motifs is 10. The molecule has 1 aliphatic carbocycles. The van der Waals surface area contributed by atoms with Crippen molar-refractivity contribution in [3.05, 3.63) is 271 Å². The van der Waals surface area contributed by atoms with Crippen LogP contribution in [0, 0.1) is 0 Å². The number of thiophene rings is 1. The molecule has 0 atom stereocenters. The highest BCUT2D eigenvalue weighted by Crippen LogP contribution is 2.58. The van der Waals surface area contributed by atoms with Crippen LogP contribution in [-0.4, -0.2) is 0 Å². The Hall–Kier alpha value is -8.50. The number of rotatable bonds is 7. The smallest absolute Gasteiger partial charge is 0.143 e. The average Bonchev–Trinajstić information content (AvgIpc) is 4.07. The van der Waals surface area contributed by atoms with Crippen molar-refractivity contribution in [3.8, 4) is 33.4 Å². The second kappa shape index (κ2) is 15.3. The number of para-hydroxylation sites is 1. The number of nitrogens with zero attached hydrogens (tertiary/aromatic N) is 1. The summed E-state index contributed by atoms with van der Waals surface area (Å²) in [5.74, 6) is 0. The summed E-state index contributed by atoms with van der Waals surface area (Å²) in [7, 11) is 0. The first-order valence-electron chi connectivity index (χ1n) is 23.3. The van der Waals surface area contributed by atoms with Crippen molar-refractivity contribution in [1.29, 1.82) is 0 Å². The lowest BCUT2D eigenvalue weighted by atomic mass is 9.67. The van der Waals surface area contributed by atoms with Crippen LogP contribution in [0.15, 0.2) is 253 Å². The molecule has 318 valence electrons. The second-order valence-corrected chi connectivity index (χ2v) is 18.9. The van der Waals surface area contributed by atoms with E-state index in [0.717, 1.165) is 55.7 Å². The largest absolute Gasteiger partial charge is 0.455 e. The number of benzene rings is 11. The van der Waals surface area contributed by atoms with Gasteiger partial charge in [-0.05, 0) is 92.2 Å². The van der Waals surface area contributed by atoms with Gasteiger partial charge in [0, 0.05) is 65.1 Å². The van der Waals surface area contributed by atoms with Crippen LogP contribution in [0.25, 0.3) is 86.3 Å². The van der Waals surface area contributed by atoms with Gasteiger partial charge in [-0.25, -0.2) is 0 Å². The molecule has 0 bridgehead atoms. The van der Waals surface area contributed by atoms with Gasteiger partial charge in [-0.15, -0.1) is 11.3 Å². The van der Waals surface area contributed by atoms with E-state index >= 15 is 0 Å². The van der Waals surface area contributed by atoms with E-state index in [2.05, 4.69) is 254 Å². The van der Waals surface area contributed by atoms with Crippen LogP contribution in [0.5, 0.6) is 0 Å². The van der Waals surface area contributed by atoms with Crippen LogP contribution in [-0.2, 0) is 5.41 Å². The van der Waals surface area contributed by atoms with Crippen molar-refractivity contribution in [2.24, 2.45) is 0 Å². The molecule has 0 saturated carbocycles. The molecule has 0 fully saturated rings. The molecule has 0 radical (unpaired) electrons. The Morgan fingerprint density at radius 2 is 0.985 bits per heavy atom. The predicted molar refractivity (Wildman–Crippen MR) is 287 cm³/mol. The molecule has 0 N–H and O–H groups in total. The van der Waals surface area contributed by atoms with Gasteiger partial charge in [-0.3, -0.25) is 0 Å². The lowest BCUT2D eigenvalue weighted by Gasteiger charge is -2.35. The Kier molecular flexibility index (Phi) is 8.71. The van der Waals surface area contributed by atoms with Crippen molar-refractivity contribution in [2.75, 3.05) is 4.90 Å². The molecule has 2 nitrogen and oxygen atoms in total. The van der Waals surface area contributed by atoms with Gasteiger partial charge in [0.2, 0.25) is 0 Å². The van der Waals surface area contributed by atoms with Crippen LogP contribution >= 0.6 is 11.3 Å². The van der Waals surface area contributed by atoms with Gasteiger partial charge in [-0.1, -0.05) is 200 Å². The zero-order chi connectivity index (χ0) is 44.8. The van der Waals surface area contributed by atoms with Gasteiger partial charge in [0.1, 0.15) is 11.2 Å². The Bertz CT molecular complexity index is 4050. The van der Waals surface area contributed by atoms with E-state index in [-0.39, 0.29) is 0 Å². The quantitative estimate of drug-likeness (QED) is 0.159. The molecular formula is C65H41NOS. The monoisotopic (exact) mass is 883 g/mol. The summed E-state index contributed by atoms with van der Waals surface area (Å²) in [5.41, 5.74) is 16.5. The highest BCUT2D eigenvalue weighted by Gasteiger charge is 2.46. The summed E-state index contributed by atoms with van der Waals surface area (Å²) < 4.78 is 9.85. The van der Waals surface area contributed by atoms with Crippen molar-refractivity contribution in [3.63, 3.8) is 0 Å². The lowest BCUT2D eigenvalue weighted by molar-refractivity contribution is 0.670. The fourth-order valence-corrected chi connectivity index (χ4v) is 12.7. The first-order chi connectivity index (χ1) is 33.7. The van der Waals surface area contributed by atoms with Crippen molar-refractivity contribution in [2.45, 2.75) is 5.41 Å². The molecule has 1 aliphatic rings. The van der Waals surface area contributed by atoms with Gasteiger partial charge < -0.3 is 9.32 Å². The predicted octanol–water partition coefficient (Wildman–Crippen LogP) is 18.3. The summed E-state index contributed by atoms with van der Waals surface area (Å²) in [6.07, 6.45) is 0. The van der Waals surface area contributed by atoms with Crippen molar-refractivity contribution in [1.82, 2.24) is 0 Å². The Labute approximate surface area is 398 Å². The average molecular weight is 884 g/mol. The molecule has 0 saturated heterocycles. The molecule has 14 rings (SSSR count). The Balaban J connectivity index is 1.03. The van der Waals surface area contributed by atoms with Crippen molar-refractivity contribution >= 4 is 81.3 Å². The molecule has 3 heteroatoms. The standard InChI is InChI=1S/C65H41NOS/c1-4-19-42(20-5-1)48-26-13-16-33-59(48)66(46-35-37-51-50-28-12-15-32-57(50)65(58(51)40-46,44-22-6-2-7-23-44)45-24-8-3-9-25-45)47-36-38-52-56-39-43-21-10-11-27-49(43)62(63(56)67-60(52)41-47)55-31-18-30-54-53-29-14-17-34-61(53)68-64(54)55/h1-41H. The van der Waals surface area contributed by atoms with E-state index in [0.29, 0.717) is 0 Å². The van der Waals surface area contributed by atoms with Gasteiger partial charge in [0.25, 0.3) is 0 Å². The van der Waals surface area contributed by atoms with Crippen LogP contribution in [0.2, 0.25) is 0 Å². The van der Waals surface area contributed by atoms with Gasteiger partial charge in [0.15, 0.2) is 0 Å². The highest BCUT2D eigenvalue weighted by molar-refractivity contribution is 7.26. The minimum Gasteiger partial charge on any atom is -0.455 e. The molecule has 0 spiro atoms. The van der Waals surface area contributed by atoms with E-state index in [4.69, 9.17) is 4.42 Å². The summed E-state index contributed by atoms with van der Waals surface area (Å²) in [5, 5.41) is 7.14. The number of anilines is 3. The number of hydrogen-bond acceptors (Lipinski definition) is 3. The Morgan fingerprint density at radius 3 is 1.79 bits per heavy atom. The molecule has 0 aliphatic heterocycles. The zero-order valence-corrected chi connectivity index (χ0v) is 37.8. The van der Waals surface area contributed by atoms with Crippen LogP contribution in [0.4, 0.5) is 17.1 Å². The third-order valence-electron chi connectivity index (χ3n) is 14.3. The molecule has 2 heterocycles. The van der Waals surface area contributed by atoms with E-state index in [1.165, 1.54) is 69.9 Å². The zero-order valence-electron chi connectivity index (χ0n) is 36.9. The summed E-state index contributed by atoms with van der Waals surface area (Å²) in [6, 6.07) is 91.1. The van der Waals surface area contributed by atoms with E-state index < -0.39 is 5.41 Å². The number of furan rings is 1. The topological polar surface area (TPSA) is 16.4 Å².